The molecule has 37 heteroatoms. The number of ether oxygens (including phenoxy) is 8. The molecule has 0 bridgehead atoms. The highest BCUT2D eigenvalue weighted by Gasteiger charge is 2.47. The third-order valence-electron chi connectivity index (χ3n) is 16.8. The molecule has 4 unspecified atom stereocenters. The highest BCUT2D eigenvalue weighted by molar-refractivity contribution is 5.80. The molecule has 554 valence electrons. The van der Waals surface area contributed by atoms with E-state index in [-0.39, 0.29) is 78.8 Å². The highest BCUT2D eigenvalue weighted by atomic mass is 16.7. The van der Waals surface area contributed by atoms with Crippen LogP contribution in [0.5, 0.6) is 0 Å². The number of hydrogen-bond donors (Lipinski definition) is 19. The van der Waals surface area contributed by atoms with E-state index < -0.39 is 212 Å². The van der Waals surface area contributed by atoms with Crippen LogP contribution in [-0.2, 0) is 61.9 Å². The van der Waals surface area contributed by atoms with Gasteiger partial charge in [-0.15, -0.1) is 0 Å². The summed E-state index contributed by atoms with van der Waals surface area (Å²) in [7, 11) is 0. The number of carbonyl (C=O) groups excluding carboxylic acids is 2. The van der Waals surface area contributed by atoms with Crippen molar-refractivity contribution in [1.29, 1.82) is 0 Å². The predicted octanol–water partition coefficient (Wildman–Crippen LogP) is -9.25. The van der Waals surface area contributed by atoms with Crippen LogP contribution in [0.15, 0.2) is 0 Å². The maximum atomic E-state index is 14.2. The van der Waals surface area contributed by atoms with Crippen molar-refractivity contribution in [3.8, 4) is 0 Å². The number of carboxylic acid groups (broad SMARTS) is 3. The monoisotopic (exact) mass is 1380 g/mol. The number of aliphatic hydroxyl groups excluding tert-OH is 16. The van der Waals surface area contributed by atoms with Gasteiger partial charge < -0.3 is 145 Å². The van der Waals surface area contributed by atoms with Crippen molar-refractivity contribution in [3.05, 3.63) is 0 Å². The third-order valence-corrected chi connectivity index (χ3v) is 16.8. The number of amides is 2. The molecule has 0 saturated carbocycles. The first-order valence-electron chi connectivity index (χ1n) is 32.3. The van der Waals surface area contributed by atoms with Crippen molar-refractivity contribution >= 4 is 29.7 Å². The van der Waals surface area contributed by atoms with Crippen molar-refractivity contribution < 1.29 is 159 Å². The van der Waals surface area contributed by atoms with Crippen LogP contribution >= 0.6 is 0 Å². The Bertz CT molecular complexity index is 1950. The zero-order chi connectivity index (χ0) is 70.3. The zero-order valence-electron chi connectivity index (χ0n) is 53.4. The summed E-state index contributed by atoms with van der Waals surface area (Å²) in [6.45, 7) is -5.36. The van der Waals surface area contributed by atoms with E-state index in [1.807, 2.05) is 0 Å². The number of carboxylic acids is 3. The number of aliphatic hydroxyl groups is 16. The minimum atomic E-state index is -1.64. The number of carbonyl (C=O) groups is 5. The van der Waals surface area contributed by atoms with E-state index in [4.69, 9.17) is 37.9 Å². The number of unbranched alkanes of at least 4 members (excludes halogenated alkanes) is 8. The van der Waals surface area contributed by atoms with Crippen LogP contribution < -0.4 is 0 Å². The minimum absolute atomic E-state index is 0.00691. The molecule has 0 aromatic carbocycles. The molecule has 4 rings (SSSR count). The standard InChI is InChI=1S/C58H105N5O32/c64-30-34-43(76)47(80)51(84)55(92-34)88-21-9-1-5-13-62(14-6-2-10-22-89-56-52(85)48(81)44(77)35(31-65)93-56)38(68)25-60(28-41(72)73)19-17-59(27-40(70)71)18-20-61(29-42(74)75)26-39(69)63(15-7-3-11-23-90-57-53(86)49(82)45(78)36(32-66)94-57)16-8-4-12-24-91-58-54(87)50(83)46(79)37(33-67)95-58/h34-37,43-58,64-67,76-87H,1-33H2,(H,70,71)(H,72,73)(H,74,75)/t34-,35-,36+,37+,43+,44+,45-,46-,47-,48-,49+,50+,51-,52-,53+,54+,55?,56?,57?,58?. The Morgan fingerprint density at radius 3 is 0.716 bits per heavy atom. The molecule has 4 aliphatic heterocycles. The van der Waals surface area contributed by atoms with E-state index in [0.717, 1.165) is 0 Å². The fourth-order valence-electron chi connectivity index (χ4n) is 11.1. The SMILES string of the molecule is O=C(O)CN(CCN(CC(=O)O)CC(=O)N(CCCCCOC1O[C@@H](CO)[C@@H](O)[C@H](O)[C@@H]1O)CCCCCOC1O[C@@H](CO)[C@@H](O)[C@H](O)[C@@H]1O)CCN(CC(=O)O)CC(=O)N(CCCCCOC1O[C@H](CO)[C@H](O)[C@@H](O)[C@H]1O)CCCCCOC1O[C@H](CO)[C@H](O)[C@@H](O)[C@H]1O. The van der Waals surface area contributed by atoms with E-state index in [1.54, 1.807) is 0 Å². The summed E-state index contributed by atoms with van der Waals surface area (Å²) < 4.78 is 43.9. The van der Waals surface area contributed by atoms with E-state index in [2.05, 4.69) is 0 Å². The Morgan fingerprint density at radius 1 is 0.274 bits per heavy atom. The Kier molecular flexibility index (Phi) is 39.1. The molecule has 4 aliphatic rings. The number of hydrogen-bond acceptors (Lipinski definition) is 32. The van der Waals surface area contributed by atoms with Crippen LogP contribution in [0.4, 0.5) is 0 Å². The van der Waals surface area contributed by atoms with Crippen molar-refractivity contribution in [2.75, 3.05) is 138 Å². The first-order chi connectivity index (χ1) is 45.3. The fraction of sp³-hybridized carbons (Fsp3) is 0.914. The second-order valence-electron chi connectivity index (χ2n) is 24.2. The molecule has 0 aliphatic carbocycles. The van der Waals surface area contributed by atoms with Gasteiger partial charge >= 0.3 is 17.9 Å². The lowest BCUT2D eigenvalue weighted by Gasteiger charge is -2.39. The second-order valence-corrected chi connectivity index (χ2v) is 24.2. The Balaban J connectivity index is 1.39. The Morgan fingerprint density at radius 2 is 0.495 bits per heavy atom. The van der Waals surface area contributed by atoms with E-state index in [9.17, 15) is 121 Å². The summed E-state index contributed by atoms with van der Waals surface area (Å²) in [5.74, 6) is -4.91. The molecule has 2 amide bonds. The summed E-state index contributed by atoms with van der Waals surface area (Å²) in [6, 6.07) is 0. The van der Waals surface area contributed by atoms with Crippen LogP contribution in [0.2, 0.25) is 0 Å². The summed E-state index contributed by atoms with van der Waals surface area (Å²) >= 11 is 0. The van der Waals surface area contributed by atoms with Gasteiger partial charge in [0.25, 0.3) is 0 Å². The molecule has 4 saturated heterocycles. The maximum Gasteiger partial charge on any atom is 0.317 e. The molecule has 37 nitrogen and oxygen atoms in total. The maximum absolute atomic E-state index is 14.2. The van der Waals surface area contributed by atoms with Crippen LogP contribution in [-0.4, -0.2) is 412 Å². The highest BCUT2D eigenvalue weighted by Crippen LogP contribution is 2.26. The molecule has 95 heavy (non-hydrogen) atoms. The van der Waals surface area contributed by atoms with Crippen molar-refractivity contribution in [2.24, 2.45) is 0 Å². The third kappa shape index (κ3) is 28.1. The quantitative estimate of drug-likeness (QED) is 0.0252. The summed E-state index contributed by atoms with van der Waals surface area (Å²) in [6.07, 6.45) is -24.7. The molecule has 4 heterocycles. The second kappa shape index (κ2) is 44.4. The van der Waals surface area contributed by atoms with Gasteiger partial charge in [-0.2, -0.15) is 0 Å². The first-order valence-corrected chi connectivity index (χ1v) is 32.3. The average Bonchev–Trinajstić information content (AvgIpc) is 1.04. The largest absolute Gasteiger partial charge is 0.480 e. The lowest BCUT2D eigenvalue weighted by Crippen LogP contribution is -2.59. The number of rotatable bonds is 48. The summed E-state index contributed by atoms with van der Waals surface area (Å²) in [5, 5.41) is 190. The summed E-state index contributed by atoms with van der Waals surface area (Å²) in [5.41, 5.74) is 0. The topological polar surface area (TPSA) is 560 Å². The lowest BCUT2D eigenvalue weighted by atomic mass is 9.99. The van der Waals surface area contributed by atoms with E-state index >= 15 is 0 Å². The average molecular weight is 1380 g/mol. The first kappa shape index (κ1) is 83.7. The zero-order valence-corrected chi connectivity index (χ0v) is 53.4. The molecular formula is C58H105N5O32. The van der Waals surface area contributed by atoms with Crippen LogP contribution in [0.1, 0.15) is 77.0 Å². The van der Waals surface area contributed by atoms with Gasteiger partial charge in [0.2, 0.25) is 11.8 Å². The van der Waals surface area contributed by atoms with Crippen molar-refractivity contribution in [2.45, 2.75) is 200 Å². The fourth-order valence-corrected chi connectivity index (χ4v) is 11.1. The predicted molar refractivity (Wildman–Crippen MR) is 320 cm³/mol. The Hall–Kier alpha value is -3.73. The van der Waals surface area contributed by atoms with Crippen LogP contribution in [0, 0.1) is 0 Å². The van der Waals surface area contributed by atoms with Crippen LogP contribution in [0.25, 0.3) is 0 Å². The van der Waals surface area contributed by atoms with Crippen LogP contribution in [0.3, 0.4) is 0 Å². The van der Waals surface area contributed by atoms with Gasteiger partial charge in [-0.25, -0.2) is 0 Å². The van der Waals surface area contributed by atoms with Gasteiger partial charge in [-0.1, -0.05) is 0 Å². The number of nitrogens with zero attached hydrogens (tertiary/aromatic N) is 5. The molecule has 0 aromatic heterocycles. The lowest BCUT2D eigenvalue weighted by molar-refractivity contribution is -0.301. The van der Waals surface area contributed by atoms with Gasteiger partial charge in [-0.05, 0) is 77.0 Å². The molecule has 20 atom stereocenters. The normalized spacial score (nSPS) is 31.3. The Labute approximate surface area is 549 Å². The van der Waals surface area contributed by atoms with Gasteiger partial charge in [0.05, 0.1) is 59.2 Å². The molecule has 4 fully saturated rings. The van der Waals surface area contributed by atoms with Gasteiger partial charge in [0.15, 0.2) is 25.2 Å². The molecular weight excluding hydrogens is 1280 g/mol. The molecule has 0 spiro atoms. The molecule has 0 aromatic rings. The van der Waals surface area contributed by atoms with Gasteiger partial charge in [-0.3, -0.25) is 38.7 Å². The smallest absolute Gasteiger partial charge is 0.317 e. The van der Waals surface area contributed by atoms with Crippen molar-refractivity contribution in [1.82, 2.24) is 24.5 Å². The van der Waals surface area contributed by atoms with E-state index in [0.29, 0.717) is 77.0 Å². The summed E-state index contributed by atoms with van der Waals surface area (Å²) in [4.78, 5) is 72.1. The molecule has 0 radical (unpaired) electrons. The number of aliphatic carboxylic acids is 3. The van der Waals surface area contributed by atoms with E-state index in [1.165, 1.54) is 24.5 Å². The van der Waals surface area contributed by atoms with Gasteiger partial charge in [0.1, 0.15) is 97.7 Å². The minimum Gasteiger partial charge on any atom is -0.480 e. The van der Waals surface area contributed by atoms with Crippen molar-refractivity contribution in [3.63, 3.8) is 0 Å². The van der Waals surface area contributed by atoms with Gasteiger partial charge in [0, 0.05) is 78.8 Å². The molecule has 19 N–H and O–H groups in total.